The average Bonchev–Trinajstić information content (AvgIpc) is 2.79. The smallest absolute Gasteiger partial charge is 0.0879 e. The highest BCUT2D eigenvalue weighted by Crippen LogP contribution is 2.29. The van der Waals surface area contributed by atoms with Gasteiger partial charge >= 0.3 is 0 Å². The predicted octanol–water partition coefficient (Wildman–Crippen LogP) is 4.54. The van der Waals surface area contributed by atoms with Crippen molar-refractivity contribution in [3.05, 3.63) is 52.8 Å². The van der Waals surface area contributed by atoms with Gasteiger partial charge in [-0.05, 0) is 29.8 Å². The molecule has 2 aromatic heterocycles. The van der Waals surface area contributed by atoms with Crippen molar-refractivity contribution in [1.82, 2.24) is 9.97 Å². The second kappa shape index (κ2) is 4.06. The summed E-state index contributed by atoms with van der Waals surface area (Å²) >= 11 is 11.9. The number of fused-ring (bicyclic) bond motifs is 1. The summed E-state index contributed by atoms with van der Waals surface area (Å²) in [5.74, 6) is 0. The zero-order chi connectivity index (χ0) is 11.8. The van der Waals surface area contributed by atoms with Crippen LogP contribution in [0.1, 0.15) is 0 Å². The standard InChI is InChI=1S/C13H8Cl2N2/c14-10-2-1-8(5-11(10)15)9-6-13-12(17-7-9)3-4-16-13/h1-7,16H. The zero-order valence-corrected chi connectivity index (χ0v) is 10.3. The van der Waals surface area contributed by atoms with Crippen molar-refractivity contribution >= 4 is 34.2 Å². The van der Waals surface area contributed by atoms with Crippen molar-refractivity contribution in [2.45, 2.75) is 0 Å². The lowest BCUT2D eigenvalue weighted by Gasteiger charge is -2.03. The molecule has 84 valence electrons. The van der Waals surface area contributed by atoms with Crippen molar-refractivity contribution in [1.29, 1.82) is 0 Å². The normalized spacial score (nSPS) is 10.9. The van der Waals surface area contributed by atoms with Gasteiger partial charge in [-0.3, -0.25) is 4.98 Å². The number of rotatable bonds is 1. The Kier molecular flexibility index (Phi) is 2.54. The van der Waals surface area contributed by atoms with Crippen molar-refractivity contribution in [2.24, 2.45) is 0 Å². The molecule has 1 aromatic carbocycles. The van der Waals surface area contributed by atoms with Gasteiger partial charge in [0.15, 0.2) is 0 Å². The van der Waals surface area contributed by atoms with Crippen LogP contribution in [0.3, 0.4) is 0 Å². The Morgan fingerprint density at radius 2 is 1.82 bits per heavy atom. The Morgan fingerprint density at radius 3 is 2.65 bits per heavy atom. The highest BCUT2D eigenvalue weighted by Gasteiger charge is 2.04. The van der Waals surface area contributed by atoms with Gasteiger partial charge in [-0.25, -0.2) is 0 Å². The summed E-state index contributed by atoms with van der Waals surface area (Å²) < 4.78 is 0. The molecule has 0 atom stereocenters. The Bertz CT molecular complexity index is 689. The Hall–Kier alpha value is -1.51. The van der Waals surface area contributed by atoms with Crippen molar-refractivity contribution < 1.29 is 0 Å². The predicted molar refractivity (Wildman–Crippen MR) is 71.5 cm³/mol. The maximum Gasteiger partial charge on any atom is 0.0879 e. The summed E-state index contributed by atoms with van der Waals surface area (Å²) in [5.41, 5.74) is 3.98. The number of hydrogen-bond donors (Lipinski definition) is 1. The molecule has 0 saturated heterocycles. The van der Waals surface area contributed by atoms with E-state index in [1.54, 1.807) is 6.07 Å². The Labute approximate surface area is 108 Å². The maximum atomic E-state index is 6.00. The SMILES string of the molecule is Clc1ccc(-c2cnc3cc[nH]c3c2)cc1Cl. The molecule has 2 nitrogen and oxygen atoms in total. The van der Waals surface area contributed by atoms with Crippen LogP contribution in [0, 0.1) is 0 Å². The van der Waals surface area contributed by atoms with Crippen molar-refractivity contribution in [3.8, 4) is 11.1 Å². The van der Waals surface area contributed by atoms with Crippen molar-refractivity contribution in [2.75, 3.05) is 0 Å². The second-order valence-electron chi connectivity index (χ2n) is 3.76. The van der Waals surface area contributed by atoms with E-state index in [2.05, 4.69) is 9.97 Å². The minimum Gasteiger partial charge on any atom is -0.360 e. The van der Waals surface area contributed by atoms with E-state index in [1.165, 1.54) is 0 Å². The second-order valence-corrected chi connectivity index (χ2v) is 4.58. The number of nitrogens with one attached hydrogen (secondary N) is 1. The Morgan fingerprint density at radius 1 is 0.941 bits per heavy atom. The van der Waals surface area contributed by atoms with E-state index < -0.39 is 0 Å². The van der Waals surface area contributed by atoms with Crippen LogP contribution < -0.4 is 0 Å². The molecule has 0 radical (unpaired) electrons. The summed E-state index contributed by atoms with van der Waals surface area (Å²) in [6.45, 7) is 0. The molecule has 0 bridgehead atoms. The molecule has 1 N–H and O–H groups in total. The van der Waals surface area contributed by atoms with E-state index in [1.807, 2.05) is 36.7 Å². The summed E-state index contributed by atoms with van der Waals surface area (Å²) in [4.78, 5) is 7.50. The van der Waals surface area contributed by atoms with Gasteiger partial charge in [-0.15, -0.1) is 0 Å². The minimum atomic E-state index is 0.552. The van der Waals surface area contributed by atoms with E-state index in [0.717, 1.165) is 22.2 Å². The van der Waals surface area contributed by atoms with E-state index in [0.29, 0.717) is 10.0 Å². The maximum absolute atomic E-state index is 6.00. The molecule has 0 saturated carbocycles. The van der Waals surface area contributed by atoms with E-state index in [4.69, 9.17) is 23.2 Å². The third-order valence-electron chi connectivity index (χ3n) is 2.65. The van der Waals surface area contributed by atoms with Crippen LogP contribution in [0.15, 0.2) is 42.7 Å². The third kappa shape index (κ3) is 1.90. The molecule has 4 heteroatoms. The monoisotopic (exact) mass is 262 g/mol. The number of nitrogens with zero attached hydrogens (tertiary/aromatic N) is 1. The highest BCUT2D eigenvalue weighted by atomic mass is 35.5. The molecule has 0 aliphatic rings. The molecule has 0 spiro atoms. The van der Waals surface area contributed by atoms with Gasteiger partial charge in [0.05, 0.1) is 21.1 Å². The summed E-state index contributed by atoms with van der Waals surface area (Å²) in [6, 6.07) is 9.55. The summed E-state index contributed by atoms with van der Waals surface area (Å²) in [5, 5.41) is 1.11. The molecular weight excluding hydrogens is 255 g/mol. The fourth-order valence-corrected chi connectivity index (χ4v) is 2.07. The van der Waals surface area contributed by atoms with Gasteiger partial charge < -0.3 is 4.98 Å². The fraction of sp³-hybridized carbons (Fsp3) is 0. The molecule has 0 aliphatic carbocycles. The van der Waals surface area contributed by atoms with E-state index >= 15 is 0 Å². The van der Waals surface area contributed by atoms with Gasteiger partial charge in [0.1, 0.15) is 0 Å². The first-order chi connectivity index (χ1) is 8.24. The molecule has 0 fully saturated rings. The molecule has 3 rings (SSSR count). The first kappa shape index (κ1) is 10.6. The summed E-state index contributed by atoms with van der Waals surface area (Å²) in [7, 11) is 0. The van der Waals surface area contributed by atoms with Crippen LogP contribution in [-0.2, 0) is 0 Å². The number of hydrogen-bond acceptors (Lipinski definition) is 1. The molecule has 17 heavy (non-hydrogen) atoms. The summed E-state index contributed by atoms with van der Waals surface area (Å²) in [6.07, 6.45) is 3.70. The lowest BCUT2D eigenvalue weighted by Crippen LogP contribution is -1.82. The molecular formula is C13H8Cl2N2. The fourth-order valence-electron chi connectivity index (χ4n) is 1.77. The zero-order valence-electron chi connectivity index (χ0n) is 8.74. The van der Waals surface area contributed by atoms with Crippen LogP contribution in [0.2, 0.25) is 10.0 Å². The van der Waals surface area contributed by atoms with Crippen LogP contribution in [0.4, 0.5) is 0 Å². The number of benzene rings is 1. The number of H-pyrrole nitrogens is 1. The quantitative estimate of drug-likeness (QED) is 0.686. The van der Waals surface area contributed by atoms with Crippen molar-refractivity contribution in [3.63, 3.8) is 0 Å². The van der Waals surface area contributed by atoms with E-state index in [-0.39, 0.29) is 0 Å². The van der Waals surface area contributed by atoms with Crippen LogP contribution >= 0.6 is 23.2 Å². The first-order valence-corrected chi connectivity index (χ1v) is 5.88. The lowest BCUT2D eigenvalue weighted by atomic mass is 10.1. The molecule has 0 aliphatic heterocycles. The molecule has 3 aromatic rings. The average molecular weight is 263 g/mol. The highest BCUT2D eigenvalue weighted by molar-refractivity contribution is 6.42. The number of aromatic nitrogens is 2. The molecule has 0 unspecified atom stereocenters. The van der Waals surface area contributed by atoms with E-state index in [9.17, 15) is 0 Å². The van der Waals surface area contributed by atoms with Gasteiger partial charge in [0.2, 0.25) is 0 Å². The number of pyridine rings is 1. The van der Waals surface area contributed by atoms with Gasteiger partial charge in [-0.2, -0.15) is 0 Å². The van der Waals surface area contributed by atoms with Crippen LogP contribution in [0.5, 0.6) is 0 Å². The lowest BCUT2D eigenvalue weighted by molar-refractivity contribution is 1.40. The topological polar surface area (TPSA) is 28.7 Å². The van der Waals surface area contributed by atoms with Crippen LogP contribution in [0.25, 0.3) is 22.2 Å². The van der Waals surface area contributed by atoms with Crippen LogP contribution in [-0.4, -0.2) is 9.97 Å². The minimum absolute atomic E-state index is 0.552. The third-order valence-corrected chi connectivity index (χ3v) is 3.39. The van der Waals surface area contributed by atoms with Gasteiger partial charge in [-0.1, -0.05) is 29.3 Å². The van der Waals surface area contributed by atoms with Gasteiger partial charge in [0, 0.05) is 18.0 Å². The largest absolute Gasteiger partial charge is 0.360 e. The van der Waals surface area contributed by atoms with Gasteiger partial charge in [0.25, 0.3) is 0 Å². The molecule has 0 amide bonds. The molecule has 2 heterocycles. The first-order valence-electron chi connectivity index (χ1n) is 5.12. The Balaban J connectivity index is 2.16. The number of halogens is 2. The number of aromatic amines is 1.